The van der Waals surface area contributed by atoms with Gasteiger partial charge in [-0.05, 0) is 35.6 Å². The van der Waals surface area contributed by atoms with Crippen LogP contribution < -0.4 is 5.32 Å². The van der Waals surface area contributed by atoms with Crippen LogP contribution in [0.2, 0.25) is 0 Å². The van der Waals surface area contributed by atoms with Crippen LogP contribution in [-0.4, -0.2) is 73.6 Å². The van der Waals surface area contributed by atoms with Gasteiger partial charge in [0.1, 0.15) is 17.7 Å². The van der Waals surface area contributed by atoms with E-state index in [1.807, 2.05) is 62.7 Å². The Hall–Kier alpha value is -3.60. The summed E-state index contributed by atoms with van der Waals surface area (Å²) in [6.45, 7) is 5.45. The highest BCUT2D eigenvalue weighted by Gasteiger charge is 2.50. The number of nitrogens with one attached hydrogen (secondary N) is 1. The molecule has 1 saturated heterocycles. The summed E-state index contributed by atoms with van der Waals surface area (Å²) in [6.07, 6.45) is -0.0936. The lowest BCUT2D eigenvalue weighted by Crippen LogP contribution is -2.55. The topological polar surface area (TPSA) is 123 Å². The Morgan fingerprint density at radius 2 is 1.90 bits per heavy atom. The molecule has 1 unspecified atom stereocenters. The fourth-order valence-corrected chi connectivity index (χ4v) is 6.46. The summed E-state index contributed by atoms with van der Waals surface area (Å²) in [5, 5.41) is 23.7. The monoisotopic (exact) mass is 562 g/mol. The first-order valence-electron chi connectivity index (χ1n) is 13.4. The smallest absolute Gasteiger partial charge is 0.255 e. The highest BCUT2D eigenvalue weighted by molar-refractivity contribution is 7.13. The number of benzene rings is 2. The van der Waals surface area contributed by atoms with Crippen LogP contribution in [0.25, 0.3) is 10.4 Å². The molecular weight excluding hydrogens is 528 g/mol. The van der Waals surface area contributed by atoms with E-state index in [-0.39, 0.29) is 31.3 Å². The number of hydrogen-bond acceptors (Lipinski definition) is 7. The molecule has 3 amide bonds. The van der Waals surface area contributed by atoms with E-state index in [2.05, 4.69) is 10.3 Å². The summed E-state index contributed by atoms with van der Waals surface area (Å²) in [5.74, 6) is -1.29. The number of aryl methyl sites for hydroxylation is 1. The van der Waals surface area contributed by atoms with E-state index in [9.17, 15) is 24.6 Å². The predicted octanol–water partition coefficient (Wildman–Crippen LogP) is 2.74. The molecule has 2 aromatic carbocycles. The lowest BCUT2D eigenvalue weighted by molar-refractivity contribution is -0.143. The number of aromatic nitrogens is 1. The molecule has 40 heavy (non-hydrogen) atoms. The van der Waals surface area contributed by atoms with Crippen LogP contribution in [0.1, 0.15) is 47.4 Å². The van der Waals surface area contributed by atoms with Crippen molar-refractivity contribution in [1.29, 1.82) is 0 Å². The molecule has 5 rings (SSSR count). The number of hydrogen-bond donors (Lipinski definition) is 3. The molecule has 0 radical (unpaired) electrons. The summed E-state index contributed by atoms with van der Waals surface area (Å²) in [6, 6.07) is 13.3. The minimum Gasteiger partial charge on any atom is -0.393 e. The summed E-state index contributed by atoms with van der Waals surface area (Å²) in [4.78, 5) is 48.9. The number of rotatable bonds is 8. The predicted molar refractivity (Wildman–Crippen MR) is 151 cm³/mol. The lowest BCUT2D eigenvalue weighted by Gasteiger charge is -2.35. The third-order valence-corrected chi connectivity index (χ3v) is 8.77. The number of likely N-dealkylation sites (tertiary alicyclic amines) is 1. The van der Waals surface area contributed by atoms with Gasteiger partial charge in [-0.1, -0.05) is 56.3 Å². The van der Waals surface area contributed by atoms with Crippen LogP contribution in [0.4, 0.5) is 0 Å². The largest absolute Gasteiger partial charge is 0.393 e. The number of aliphatic hydroxyl groups is 2. The zero-order valence-corrected chi connectivity index (χ0v) is 23.6. The van der Waals surface area contributed by atoms with Crippen LogP contribution in [0.15, 0.2) is 54.0 Å². The van der Waals surface area contributed by atoms with Crippen LogP contribution in [0.5, 0.6) is 0 Å². The Bertz CT molecular complexity index is 1420. The molecule has 2 aliphatic rings. The molecule has 3 N–H and O–H groups in total. The molecular formula is C30H34N4O5S. The Morgan fingerprint density at radius 3 is 2.52 bits per heavy atom. The van der Waals surface area contributed by atoms with Crippen molar-refractivity contribution in [1.82, 2.24) is 20.1 Å². The van der Waals surface area contributed by atoms with Gasteiger partial charge >= 0.3 is 0 Å². The van der Waals surface area contributed by atoms with Gasteiger partial charge in [-0.15, -0.1) is 11.3 Å². The SMILES string of the molecule is Cc1ncsc1-c1ccc(CNC(=O)[C@@H]2C[C@@](O)(CO)CN2C(=O)C(C(C)C)N2Cc3ccccc3C2=O)cc1. The Kier molecular flexibility index (Phi) is 7.76. The lowest BCUT2D eigenvalue weighted by atomic mass is 10.00. The molecule has 2 aliphatic heterocycles. The summed E-state index contributed by atoms with van der Waals surface area (Å²) < 4.78 is 0. The maximum atomic E-state index is 14.0. The molecule has 10 heteroatoms. The average Bonchev–Trinajstić information content (AvgIpc) is 3.63. The fourth-order valence-electron chi connectivity index (χ4n) is 5.65. The van der Waals surface area contributed by atoms with Gasteiger partial charge in [-0.3, -0.25) is 14.4 Å². The van der Waals surface area contributed by atoms with Gasteiger partial charge in [-0.25, -0.2) is 4.98 Å². The maximum absolute atomic E-state index is 14.0. The van der Waals surface area contributed by atoms with Crippen molar-refractivity contribution in [2.75, 3.05) is 13.2 Å². The van der Waals surface area contributed by atoms with Crippen molar-refractivity contribution in [3.05, 3.63) is 76.4 Å². The van der Waals surface area contributed by atoms with E-state index in [1.54, 1.807) is 28.4 Å². The van der Waals surface area contributed by atoms with E-state index in [4.69, 9.17) is 0 Å². The molecule has 0 bridgehead atoms. The van der Waals surface area contributed by atoms with Gasteiger partial charge in [0.15, 0.2) is 0 Å². The number of fused-ring (bicyclic) bond motifs is 1. The first kappa shape index (κ1) is 27.9. The molecule has 3 aromatic rings. The summed E-state index contributed by atoms with van der Waals surface area (Å²) in [7, 11) is 0. The van der Waals surface area contributed by atoms with Crippen molar-refractivity contribution >= 4 is 29.1 Å². The first-order valence-corrected chi connectivity index (χ1v) is 14.3. The second kappa shape index (κ2) is 11.1. The van der Waals surface area contributed by atoms with Crippen LogP contribution in [0.3, 0.4) is 0 Å². The number of nitrogens with zero attached hydrogens (tertiary/aromatic N) is 3. The Labute approximate surface area is 237 Å². The van der Waals surface area contributed by atoms with Gasteiger partial charge in [0.25, 0.3) is 5.91 Å². The van der Waals surface area contributed by atoms with Crippen molar-refractivity contribution in [3.8, 4) is 10.4 Å². The molecule has 3 atom stereocenters. The van der Waals surface area contributed by atoms with E-state index < -0.39 is 36.1 Å². The van der Waals surface area contributed by atoms with E-state index in [0.717, 1.165) is 27.3 Å². The Morgan fingerprint density at radius 1 is 1.18 bits per heavy atom. The highest BCUT2D eigenvalue weighted by Crippen LogP contribution is 2.33. The minimum absolute atomic E-state index is 0.0936. The van der Waals surface area contributed by atoms with Crippen molar-refractivity contribution < 1.29 is 24.6 Å². The minimum atomic E-state index is -1.61. The summed E-state index contributed by atoms with van der Waals surface area (Å²) in [5.41, 5.74) is 4.52. The first-order chi connectivity index (χ1) is 19.1. The van der Waals surface area contributed by atoms with Crippen LogP contribution in [-0.2, 0) is 22.7 Å². The average molecular weight is 563 g/mol. The Balaban J connectivity index is 1.32. The van der Waals surface area contributed by atoms with E-state index in [0.29, 0.717) is 12.1 Å². The molecule has 3 heterocycles. The quantitative estimate of drug-likeness (QED) is 0.388. The summed E-state index contributed by atoms with van der Waals surface area (Å²) >= 11 is 1.57. The van der Waals surface area contributed by atoms with Crippen molar-refractivity contribution in [2.45, 2.75) is 58.0 Å². The second-order valence-corrected chi connectivity index (χ2v) is 11.9. The highest BCUT2D eigenvalue weighted by atomic mass is 32.1. The van der Waals surface area contributed by atoms with Crippen molar-refractivity contribution in [2.24, 2.45) is 5.92 Å². The van der Waals surface area contributed by atoms with Crippen LogP contribution >= 0.6 is 11.3 Å². The fraction of sp³-hybridized carbons (Fsp3) is 0.400. The zero-order valence-electron chi connectivity index (χ0n) is 22.8. The molecule has 210 valence electrons. The van der Waals surface area contributed by atoms with Gasteiger partial charge < -0.3 is 25.3 Å². The molecule has 0 saturated carbocycles. The second-order valence-electron chi connectivity index (χ2n) is 11.0. The molecule has 1 aromatic heterocycles. The van der Waals surface area contributed by atoms with Gasteiger partial charge in [-0.2, -0.15) is 0 Å². The van der Waals surface area contributed by atoms with Gasteiger partial charge in [0, 0.05) is 25.1 Å². The van der Waals surface area contributed by atoms with E-state index in [1.165, 1.54) is 4.90 Å². The van der Waals surface area contributed by atoms with Crippen molar-refractivity contribution in [3.63, 3.8) is 0 Å². The zero-order chi connectivity index (χ0) is 28.6. The standard InChI is InChI=1S/C30H34N4O5S/c1-18(2)25(33-14-22-6-4-5-7-23(22)28(33)37)29(38)34-15-30(39,16-35)12-24(34)27(36)31-13-20-8-10-21(11-9-20)26-19(3)32-17-40-26/h4-11,17-18,24-25,35,39H,12-16H2,1-3H3,(H,31,36)/t24-,25?,30-/m0/s1. The normalized spacial score (nSPS) is 21.1. The molecule has 0 aliphatic carbocycles. The number of aliphatic hydroxyl groups excluding tert-OH is 1. The number of β-amino-alcohol motifs (C(OH)–C–C–N with tert-alkyl or cyclic N) is 1. The van der Waals surface area contributed by atoms with E-state index >= 15 is 0 Å². The number of carbonyl (C=O) groups excluding carboxylic acids is 3. The number of amides is 3. The van der Waals surface area contributed by atoms with Gasteiger partial charge in [0.05, 0.1) is 29.2 Å². The molecule has 9 nitrogen and oxygen atoms in total. The third kappa shape index (κ3) is 5.26. The molecule has 1 fully saturated rings. The van der Waals surface area contributed by atoms with Gasteiger partial charge in [0.2, 0.25) is 11.8 Å². The van der Waals surface area contributed by atoms with Crippen LogP contribution in [0, 0.1) is 12.8 Å². The number of carbonyl (C=O) groups is 3. The molecule has 0 spiro atoms. The third-order valence-electron chi connectivity index (χ3n) is 7.79. The number of thiazole rings is 1. The maximum Gasteiger partial charge on any atom is 0.255 e.